The molecule has 0 amide bonds. The van der Waals surface area contributed by atoms with Crippen molar-refractivity contribution in [1.82, 2.24) is 4.90 Å². The second kappa shape index (κ2) is 5.78. The van der Waals surface area contributed by atoms with E-state index in [1.54, 1.807) is 0 Å². The summed E-state index contributed by atoms with van der Waals surface area (Å²) in [4.78, 5) is 2.43. The first-order chi connectivity index (χ1) is 9.78. The van der Waals surface area contributed by atoms with E-state index in [1.807, 2.05) is 0 Å². The van der Waals surface area contributed by atoms with E-state index in [4.69, 9.17) is 5.73 Å². The van der Waals surface area contributed by atoms with Crippen LogP contribution >= 0.6 is 0 Å². The molecule has 3 rings (SSSR count). The van der Waals surface area contributed by atoms with Gasteiger partial charge in [-0.3, -0.25) is 4.90 Å². The van der Waals surface area contributed by atoms with Crippen molar-refractivity contribution >= 4 is 0 Å². The Kier molecular flexibility index (Phi) is 3.86. The molecule has 1 fully saturated rings. The molecule has 1 aliphatic heterocycles. The van der Waals surface area contributed by atoms with Gasteiger partial charge >= 0.3 is 0 Å². The Bertz CT molecular complexity index is 547. The highest BCUT2D eigenvalue weighted by atomic mass is 15.2. The van der Waals surface area contributed by atoms with Crippen LogP contribution in [0.4, 0.5) is 0 Å². The maximum Gasteiger partial charge on any atom is 0.0348 e. The smallest absolute Gasteiger partial charge is 0.0348 e. The van der Waals surface area contributed by atoms with Crippen LogP contribution in [-0.4, -0.2) is 25.0 Å². The molecule has 2 aromatic rings. The minimum Gasteiger partial charge on any atom is -0.330 e. The van der Waals surface area contributed by atoms with E-state index in [0.717, 1.165) is 13.1 Å². The number of rotatable bonds is 3. The minimum atomic E-state index is 0.522. The van der Waals surface area contributed by atoms with Gasteiger partial charge in [-0.05, 0) is 42.6 Å². The summed E-state index contributed by atoms with van der Waals surface area (Å²) in [5.74, 6) is 0.638. The van der Waals surface area contributed by atoms with Crippen molar-refractivity contribution < 1.29 is 0 Å². The van der Waals surface area contributed by atoms with Crippen molar-refractivity contribution in [2.75, 3.05) is 20.1 Å². The average molecular weight is 266 g/mol. The molecule has 1 saturated heterocycles. The zero-order valence-electron chi connectivity index (χ0n) is 12.0. The summed E-state index contributed by atoms with van der Waals surface area (Å²) in [6.45, 7) is 1.91. The second-order valence-corrected chi connectivity index (χ2v) is 5.78. The zero-order chi connectivity index (χ0) is 13.9. The number of nitrogens with zero attached hydrogens (tertiary/aromatic N) is 1. The van der Waals surface area contributed by atoms with Crippen LogP contribution < -0.4 is 5.73 Å². The highest BCUT2D eigenvalue weighted by Crippen LogP contribution is 2.34. The van der Waals surface area contributed by atoms with Crippen molar-refractivity contribution in [3.63, 3.8) is 0 Å². The Morgan fingerprint density at radius 1 is 1.00 bits per heavy atom. The highest BCUT2D eigenvalue weighted by Gasteiger charge is 2.29. The molecule has 0 aromatic heterocycles. The molecule has 0 radical (unpaired) electrons. The summed E-state index contributed by atoms with van der Waals surface area (Å²) < 4.78 is 0. The summed E-state index contributed by atoms with van der Waals surface area (Å²) in [6, 6.07) is 20.0. The van der Waals surface area contributed by atoms with Gasteiger partial charge in [0.2, 0.25) is 0 Å². The molecule has 0 spiro atoms. The maximum absolute atomic E-state index is 5.81. The molecule has 0 saturated carbocycles. The molecule has 2 atom stereocenters. The third kappa shape index (κ3) is 2.62. The first kappa shape index (κ1) is 13.3. The van der Waals surface area contributed by atoms with Crippen LogP contribution in [0.25, 0.3) is 11.1 Å². The van der Waals surface area contributed by atoms with Crippen LogP contribution in [0.2, 0.25) is 0 Å². The van der Waals surface area contributed by atoms with Gasteiger partial charge in [0.15, 0.2) is 0 Å². The molecule has 2 nitrogen and oxygen atoms in total. The summed E-state index contributed by atoms with van der Waals surface area (Å²) in [5, 5.41) is 0. The van der Waals surface area contributed by atoms with Crippen LogP contribution in [0.5, 0.6) is 0 Å². The molecule has 104 valence electrons. The first-order valence-electron chi connectivity index (χ1n) is 7.33. The lowest BCUT2D eigenvalue weighted by atomic mass is 9.97. The van der Waals surface area contributed by atoms with Gasteiger partial charge in [-0.15, -0.1) is 0 Å². The van der Waals surface area contributed by atoms with Gasteiger partial charge in [0.05, 0.1) is 0 Å². The largest absolute Gasteiger partial charge is 0.330 e. The lowest BCUT2D eigenvalue weighted by Crippen LogP contribution is -2.20. The predicted molar refractivity (Wildman–Crippen MR) is 84.4 cm³/mol. The summed E-state index contributed by atoms with van der Waals surface area (Å²) in [7, 11) is 2.20. The Morgan fingerprint density at radius 3 is 2.25 bits per heavy atom. The lowest BCUT2D eigenvalue weighted by Gasteiger charge is -2.19. The van der Waals surface area contributed by atoms with E-state index in [1.165, 1.54) is 23.1 Å². The highest BCUT2D eigenvalue weighted by molar-refractivity contribution is 5.63. The molecule has 0 bridgehead atoms. The maximum atomic E-state index is 5.81. The van der Waals surface area contributed by atoms with Crippen LogP contribution in [-0.2, 0) is 0 Å². The van der Waals surface area contributed by atoms with Crippen molar-refractivity contribution in [2.24, 2.45) is 11.7 Å². The number of likely N-dealkylation sites (tertiary alicyclic amines) is 1. The van der Waals surface area contributed by atoms with Gasteiger partial charge < -0.3 is 5.73 Å². The fourth-order valence-corrected chi connectivity index (χ4v) is 3.19. The van der Waals surface area contributed by atoms with E-state index in [2.05, 4.69) is 66.5 Å². The van der Waals surface area contributed by atoms with Gasteiger partial charge in [0, 0.05) is 12.6 Å². The SMILES string of the molecule is CN1CC(CN)CC1c1ccc(-c2ccccc2)cc1. The fourth-order valence-electron chi connectivity index (χ4n) is 3.19. The van der Waals surface area contributed by atoms with Crippen LogP contribution in [0, 0.1) is 5.92 Å². The van der Waals surface area contributed by atoms with Crippen molar-refractivity contribution in [3.05, 3.63) is 60.2 Å². The summed E-state index contributed by atoms with van der Waals surface area (Å²) >= 11 is 0. The molecule has 1 heterocycles. The number of nitrogens with two attached hydrogens (primary N) is 1. The van der Waals surface area contributed by atoms with Crippen LogP contribution in [0.3, 0.4) is 0 Å². The number of hydrogen-bond acceptors (Lipinski definition) is 2. The molecule has 1 aliphatic rings. The molecule has 2 N–H and O–H groups in total. The summed E-state index contributed by atoms with van der Waals surface area (Å²) in [5.41, 5.74) is 9.77. The molecule has 20 heavy (non-hydrogen) atoms. The predicted octanol–water partition coefficient (Wildman–Crippen LogP) is 3.31. The van der Waals surface area contributed by atoms with E-state index in [9.17, 15) is 0 Å². The molecule has 2 aromatic carbocycles. The fraction of sp³-hybridized carbons (Fsp3) is 0.333. The van der Waals surface area contributed by atoms with Crippen LogP contribution in [0.1, 0.15) is 18.0 Å². The van der Waals surface area contributed by atoms with Crippen molar-refractivity contribution in [1.29, 1.82) is 0 Å². The van der Waals surface area contributed by atoms with Gasteiger partial charge in [-0.25, -0.2) is 0 Å². The van der Waals surface area contributed by atoms with Crippen molar-refractivity contribution in [2.45, 2.75) is 12.5 Å². The molecule has 2 unspecified atom stereocenters. The normalized spacial score (nSPS) is 23.1. The molecule has 0 aliphatic carbocycles. The molecule has 2 heteroatoms. The quantitative estimate of drug-likeness (QED) is 0.923. The Balaban J connectivity index is 1.80. The minimum absolute atomic E-state index is 0.522. The lowest BCUT2D eigenvalue weighted by molar-refractivity contribution is 0.313. The zero-order valence-corrected chi connectivity index (χ0v) is 12.0. The van der Waals surface area contributed by atoms with E-state index < -0.39 is 0 Å². The number of benzene rings is 2. The number of hydrogen-bond donors (Lipinski definition) is 1. The van der Waals surface area contributed by atoms with Gasteiger partial charge in [0.1, 0.15) is 0 Å². The first-order valence-corrected chi connectivity index (χ1v) is 7.33. The third-order valence-corrected chi connectivity index (χ3v) is 4.37. The van der Waals surface area contributed by atoms with E-state index in [0.29, 0.717) is 12.0 Å². The average Bonchev–Trinajstić information content (AvgIpc) is 2.89. The Morgan fingerprint density at radius 2 is 1.65 bits per heavy atom. The van der Waals surface area contributed by atoms with Gasteiger partial charge in [-0.2, -0.15) is 0 Å². The van der Waals surface area contributed by atoms with Gasteiger partial charge in [0.25, 0.3) is 0 Å². The third-order valence-electron chi connectivity index (χ3n) is 4.37. The topological polar surface area (TPSA) is 29.3 Å². The monoisotopic (exact) mass is 266 g/mol. The van der Waals surface area contributed by atoms with Crippen molar-refractivity contribution in [3.8, 4) is 11.1 Å². The van der Waals surface area contributed by atoms with Crippen LogP contribution in [0.15, 0.2) is 54.6 Å². The second-order valence-electron chi connectivity index (χ2n) is 5.78. The summed E-state index contributed by atoms with van der Waals surface area (Å²) in [6.07, 6.45) is 1.18. The van der Waals surface area contributed by atoms with Gasteiger partial charge in [-0.1, -0.05) is 54.6 Å². The Labute approximate surface area is 121 Å². The standard InChI is InChI=1S/C18H22N2/c1-20-13-14(12-19)11-18(20)17-9-7-16(8-10-17)15-5-3-2-4-6-15/h2-10,14,18H,11-13,19H2,1H3. The molecular weight excluding hydrogens is 244 g/mol. The van der Waals surface area contributed by atoms with E-state index in [-0.39, 0.29) is 0 Å². The van der Waals surface area contributed by atoms with E-state index >= 15 is 0 Å². The molecular formula is C18H22N2. The Hall–Kier alpha value is -1.64.